The zero-order valence-electron chi connectivity index (χ0n) is 13.5. The number of Topliss-reactive ketones (excluding diaryl/α,β-unsaturated/α-hetero) is 1. The average molecular weight is 289 g/mol. The van der Waals surface area contributed by atoms with Crippen LogP contribution in [0.5, 0.6) is 5.75 Å². The summed E-state index contributed by atoms with van der Waals surface area (Å²) in [6, 6.07) is 7.49. The molecule has 0 unspecified atom stereocenters. The van der Waals surface area contributed by atoms with Crippen LogP contribution in [0.2, 0.25) is 0 Å². The van der Waals surface area contributed by atoms with Crippen molar-refractivity contribution in [1.29, 1.82) is 0 Å². The van der Waals surface area contributed by atoms with Gasteiger partial charge in [-0.1, -0.05) is 26.0 Å². The molecule has 2 rings (SSSR count). The van der Waals surface area contributed by atoms with Gasteiger partial charge in [0.15, 0.2) is 5.78 Å². The Hall–Kier alpha value is -1.35. The minimum Gasteiger partial charge on any atom is -0.491 e. The van der Waals surface area contributed by atoms with Gasteiger partial charge in [-0.15, -0.1) is 0 Å². The second kappa shape index (κ2) is 7.60. The first kappa shape index (κ1) is 16.0. The SMILES string of the molecule is CC(=O)c1ccccc1OCCN1CCC(C(C)C)CC1. The molecule has 0 aliphatic carbocycles. The number of rotatable bonds is 6. The lowest BCUT2D eigenvalue weighted by molar-refractivity contribution is 0.101. The lowest BCUT2D eigenvalue weighted by atomic mass is 9.87. The van der Waals surface area contributed by atoms with Crippen molar-refractivity contribution in [2.45, 2.75) is 33.6 Å². The van der Waals surface area contributed by atoms with Gasteiger partial charge in [0, 0.05) is 6.54 Å². The first-order chi connectivity index (χ1) is 10.1. The van der Waals surface area contributed by atoms with Crippen molar-refractivity contribution in [2.24, 2.45) is 11.8 Å². The number of ketones is 1. The van der Waals surface area contributed by atoms with E-state index in [2.05, 4.69) is 18.7 Å². The van der Waals surface area contributed by atoms with Crippen molar-refractivity contribution in [3.05, 3.63) is 29.8 Å². The normalized spacial score (nSPS) is 17.1. The van der Waals surface area contributed by atoms with Gasteiger partial charge < -0.3 is 4.74 Å². The number of hydrogen-bond donors (Lipinski definition) is 0. The molecule has 1 aliphatic heterocycles. The van der Waals surface area contributed by atoms with E-state index in [0.717, 1.165) is 18.4 Å². The fraction of sp³-hybridized carbons (Fsp3) is 0.611. The number of piperidine rings is 1. The molecule has 0 N–H and O–H groups in total. The monoisotopic (exact) mass is 289 g/mol. The summed E-state index contributed by atoms with van der Waals surface area (Å²) >= 11 is 0. The van der Waals surface area contributed by atoms with E-state index >= 15 is 0 Å². The molecule has 1 fully saturated rings. The summed E-state index contributed by atoms with van der Waals surface area (Å²) in [7, 11) is 0. The Balaban J connectivity index is 1.77. The molecule has 1 saturated heterocycles. The predicted molar refractivity (Wildman–Crippen MR) is 85.9 cm³/mol. The quantitative estimate of drug-likeness (QED) is 0.749. The Bertz CT molecular complexity index is 462. The van der Waals surface area contributed by atoms with Crippen molar-refractivity contribution >= 4 is 5.78 Å². The Morgan fingerprint density at radius 3 is 2.57 bits per heavy atom. The lowest BCUT2D eigenvalue weighted by Crippen LogP contribution is -2.37. The van der Waals surface area contributed by atoms with Crippen LogP contribution in [0.3, 0.4) is 0 Å². The maximum Gasteiger partial charge on any atom is 0.163 e. The van der Waals surface area contributed by atoms with E-state index in [0.29, 0.717) is 17.9 Å². The number of nitrogens with zero attached hydrogens (tertiary/aromatic N) is 1. The van der Waals surface area contributed by atoms with E-state index in [9.17, 15) is 4.79 Å². The van der Waals surface area contributed by atoms with Gasteiger partial charge in [-0.3, -0.25) is 9.69 Å². The van der Waals surface area contributed by atoms with Gasteiger partial charge >= 0.3 is 0 Å². The Kier molecular flexibility index (Phi) is 5.80. The molecule has 0 saturated carbocycles. The van der Waals surface area contributed by atoms with Crippen molar-refractivity contribution in [3.8, 4) is 5.75 Å². The van der Waals surface area contributed by atoms with Gasteiger partial charge in [0.1, 0.15) is 12.4 Å². The Morgan fingerprint density at radius 2 is 1.95 bits per heavy atom. The molecule has 1 aliphatic rings. The van der Waals surface area contributed by atoms with Gasteiger partial charge in [-0.05, 0) is 56.8 Å². The summed E-state index contributed by atoms with van der Waals surface area (Å²) in [6.07, 6.45) is 2.59. The van der Waals surface area contributed by atoms with E-state index in [-0.39, 0.29) is 5.78 Å². The molecule has 1 aromatic carbocycles. The smallest absolute Gasteiger partial charge is 0.163 e. The van der Waals surface area contributed by atoms with Crippen molar-refractivity contribution < 1.29 is 9.53 Å². The number of benzene rings is 1. The third-order valence-electron chi connectivity index (χ3n) is 4.51. The fourth-order valence-corrected chi connectivity index (χ4v) is 3.01. The third-order valence-corrected chi connectivity index (χ3v) is 4.51. The second-order valence-electron chi connectivity index (χ2n) is 6.32. The van der Waals surface area contributed by atoms with Crippen molar-refractivity contribution in [3.63, 3.8) is 0 Å². The molecule has 0 bridgehead atoms. The number of hydrogen-bond acceptors (Lipinski definition) is 3. The molecule has 1 heterocycles. The molecule has 0 atom stereocenters. The van der Waals surface area contributed by atoms with Gasteiger partial charge in [0.05, 0.1) is 5.56 Å². The largest absolute Gasteiger partial charge is 0.491 e. The number of para-hydroxylation sites is 1. The van der Waals surface area contributed by atoms with Crippen LogP contribution in [-0.2, 0) is 0 Å². The summed E-state index contributed by atoms with van der Waals surface area (Å²) in [4.78, 5) is 14.0. The molecule has 3 heteroatoms. The maximum absolute atomic E-state index is 11.5. The molecule has 0 radical (unpaired) electrons. The summed E-state index contributed by atoms with van der Waals surface area (Å²) in [5.41, 5.74) is 0.677. The van der Waals surface area contributed by atoms with Gasteiger partial charge in [-0.25, -0.2) is 0 Å². The number of likely N-dealkylation sites (tertiary alicyclic amines) is 1. The lowest BCUT2D eigenvalue weighted by Gasteiger charge is -2.33. The first-order valence-corrected chi connectivity index (χ1v) is 8.03. The van der Waals surface area contributed by atoms with Crippen LogP contribution >= 0.6 is 0 Å². The molecule has 21 heavy (non-hydrogen) atoms. The number of ether oxygens (including phenoxy) is 1. The zero-order valence-corrected chi connectivity index (χ0v) is 13.5. The Morgan fingerprint density at radius 1 is 1.29 bits per heavy atom. The van der Waals surface area contributed by atoms with Crippen LogP contribution in [0.25, 0.3) is 0 Å². The minimum atomic E-state index is 0.0587. The van der Waals surface area contributed by atoms with Gasteiger partial charge in [0.2, 0.25) is 0 Å². The second-order valence-corrected chi connectivity index (χ2v) is 6.32. The highest BCUT2D eigenvalue weighted by Gasteiger charge is 2.21. The standard InChI is InChI=1S/C18H27NO2/c1-14(2)16-8-10-19(11-9-16)12-13-21-18-7-5-4-6-17(18)15(3)20/h4-7,14,16H,8-13H2,1-3H3. The van der Waals surface area contributed by atoms with Crippen molar-refractivity contribution in [2.75, 3.05) is 26.2 Å². The molecular weight excluding hydrogens is 262 g/mol. The summed E-state index contributed by atoms with van der Waals surface area (Å²) < 4.78 is 5.81. The van der Waals surface area contributed by atoms with Crippen LogP contribution in [0.1, 0.15) is 44.0 Å². The summed E-state index contributed by atoms with van der Waals surface area (Å²) in [6.45, 7) is 10.2. The van der Waals surface area contributed by atoms with E-state index in [1.165, 1.54) is 25.9 Å². The van der Waals surface area contributed by atoms with E-state index in [1.807, 2.05) is 24.3 Å². The molecule has 0 aromatic heterocycles. The molecule has 0 amide bonds. The fourth-order valence-electron chi connectivity index (χ4n) is 3.01. The zero-order chi connectivity index (χ0) is 15.2. The third kappa shape index (κ3) is 4.57. The van der Waals surface area contributed by atoms with Crippen LogP contribution < -0.4 is 4.74 Å². The molecule has 1 aromatic rings. The maximum atomic E-state index is 11.5. The Labute approximate surface area is 128 Å². The molecular formula is C18H27NO2. The predicted octanol–water partition coefficient (Wildman–Crippen LogP) is 3.64. The minimum absolute atomic E-state index is 0.0587. The van der Waals surface area contributed by atoms with Gasteiger partial charge in [-0.2, -0.15) is 0 Å². The number of carbonyl (C=O) groups excluding carboxylic acids is 1. The first-order valence-electron chi connectivity index (χ1n) is 8.03. The summed E-state index contributed by atoms with van der Waals surface area (Å²) in [5, 5.41) is 0. The molecule has 116 valence electrons. The molecule has 3 nitrogen and oxygen atoms in total. The highest BCUT2D eigenvalue weighted by Crippen LogP contribution is 2.24. The number of carbonyl (C=O) groups is 1. The van der Waals surface area contributed by atoms with E-state index < -0.39 is 0 Å². The topological polar surface area (TPSA) is 29.5 Å². The van der Waals surface area contributed by atoms with Crippen LogP contribution in [0.15, 0.2) is 24.3 Å². The van der Waals surface area contributed by atoms with Gasteiger partial charge in [0.25, 0.3) is 0 Å². The average Bonchev–Trinajstić information content (AvgIpc) is 2.48. The van der Waals surface area contributed by atoms with Crippen molar-refractivity contribution in [1.82, 2.24) is 4.90 Å². The highest BCUT2D eigenvalue weighted by molar-refractivity contribution is 5.96. The van der Waals surface area contributed by atoms with E-state index in [4.69, 9.17) is 4.74 Å². The van der Waals surface area contributed by atoms with Crippen LogP contribution in [0.4, 0.5) is 0 Å². The summed E-state index contributed by atoms with van der Waals surface area (Å²) in [5.74, 6) is 2.44. The van der Waals surface area contributed by atoms with E-state index in [1.54, 1.807) is 6.92 Å². The van der Waals surface area contributed by atoms with Crippen LogP contribution in [-0.4, -0.2) is 36.9 Å². The molecule has 0 spiro atoms. The highest BCUT2D eigenvalue weighted by atomic mass is 16.5. The van der Waals surface area contributed by atoms with Crippen LogP contribution in [0, 0.1) is 11.8 Å².